The molecule has 4 heterocycles. The number of carbonyl (C=O) groups is 2. The number of aromatic nitrogens is 6. The van der Waals surface area contributed by atoms with Gasteiger partial charge in [0.15, 0.2) is 0 Å². The summed E-state index contributed by atoms with van der Waals surface area (Å²) in [6, 6.07) is 31.3. The highest BCUT2D eigenvalue weighted by molar-refractivity contribution is 5.93. The SMILES string of the molecule is COCC(=O)NC/C=C/c1ccc2ncnc(Nc3ccc(Oc4ccc(C)nc4)c(C)c3)c2c1.COCC(=O)NC/C=C/c1ccc2ncnc(Nc3ccc(Oc4ccc(C)nc4)c(C)c3)c2c1. The Bertz CT molecular complexity index is 2920. The smallest absolute Gasteiger partial charge is 0.246 e. The Morgan fingerprint density at radius 2 is 0.957 bits per heavy atom. The maximum Gasteiger partial charge on any atom is 0.246 e. The van der Waals surface area contributed by atoms with Crippen LogP contribution in [0.5, 0.6) is 23.0 Å². The summed E-state index contributed by atoms with van der Waals surface area (Å²) in [5, 5.41) is 14.1. The largest absolute Gasteiger partial charge is 0.455 e. The Morgan fingerprint density at radius 1 is 0.514 bits per heavy atom. The number of ether oxygens (including phenoxy) is 4. The molecule has 356 valence electrons. The van der Waals surface area contributed by atoms with Crippen LogP contribution >= 0.6 is 0 Å². The molecule has 4 aromatic heterocycles. The van der Waals surface area contributed by atoms with Crippen LogP contribution in [0.3, 0.4) is 0 Å². The number of anilines is 4. The van der Waals surface area contributed by atoms with Crippen molar-refractivity contribution in [2.45, 2.75) is 27.7 Å². The second kappa shape index (κ2) is 24.4. The third kappa shape index (κ3) is 14.2. The monoisotopic (exact) mass is 938 g/mol. The predicted molar refractivity (Wildman–Crippen MR) is 274 cm³/mol. The van der Waals surface area contributed by atoms with E-state index in [9.17, 15) is 9.59 Å². The Hall–Kier alpha value is -8.60. The van der Waals surface area contributed by atoms with Gasteiger partial charge in [-0.2, -0.15) is 0 Å². The quantitative estimate of drug-likeness (QED) is 0.0634. The van der Waals surface area contributed by atoms with Gasteiger partial charge in [0.2, 0.25) is 11.8 Å². The molecule has 0 aliphatic heterocycles. The lowest BCUT2D eigenvalue weighted by atomic mass is 10.1. The van der Waals surface area contributed by atoms with Gasteiger partial charge in [0.1, 0.15) is 60.5 Å². The molecule has 0 fully saturated rings. The van der Waals surface area contributed by atoms with Crippen LogP contribution in [0.1, 0.15) is 33.6 Å². The molecule has 0 aliphatic rings. The highest BCUT2D eigenvalue weighted by Gasteiger charge is 2.10. The van der Waals surface area contributed by atoms with Crippen LogP contribution in [0.15, 0.2) is 134 Å². The van der Waals surface area contributed by atoms with Crippen molar-refractivity contribution in [3.63, 3.8) is 0 Å². The summed E-state index contributed by atoms with van der Waals surface area (Å²) in [4.78, 5) is 49.2. The zero-order valence-corrected chi connectivity index (χ0v) is 39.8. The highest BCUT2D eigenvalue weighted by Crippen LogP contribution is 2.32. The molecule has 4 aromatic carbocycles. The second-order valence-corrected chi connectivity index (χ2v) is 16.0. The maximum atomic E-state index is 11.5. The molecule has 16 heteroatoms. The van der Waals surface area contributed by atoms with Crippen LogP contribution in [0, 0.1) is 27.7 Å². The molecular weight excluding hydrogens is 885 g/mol. The number of fused-ring (bicyclic) bond motifs is 2. The minimum atomic E-state index is -0.155. The molecule has 0 unspecified atom stereocenters. The molecule has 2 amide bonds. The number of amides is 2. The summed E-state index contributed by atoms with van der Waals surface area (Å²) in [6.45, 7) is 8.80. The Labute approximate surface area is 406 Å². The molecule has 4 N–H and O–H groups in total. The van der Waals surface area contributed by atoms with Gasteiger partial charge < -0.3 is 40.2 Å². The molecule has 0 bridgehead atoms. The van der Waals surface area contributed by atoms with E-state index in [2.05, 4.69) is 51.2 Å². The normalized spacial score (nSPS) is 11.1. The van der Waals surface area contributed by atoms with E-state index >= 15 is 0 Å². The topological polar surface area (TPSA) is 197 Å². The predicted octanol–water partition coefficient (Wildman–Crippen LogP) is 9.91. The summed E-state index contributed by atoms with van der Waals surface area (Å²) in [6.07, 6.45) is 14.2. The van der Waals surface area contributed by atoms with Gasteiger partial charge >= 0.3 is 0 Å². The van der Waals surface area contributed by atoms with Gasteiger partial charge in [-0.15, -0.1) is 0 Å². The fourth-order valence-electron chi connectivity index (χ4n) is 6.89. The number of benzene rings is 4. The first-order valence-corrected chi connectivity index (χ1v) is 22.3. The van der Waals surface area contributed by atoms with E-state index in [1.807, 2.05) is 149 Å². The van der Waals surface area contributed by atoms with Crippen LogP contribution in [0.2, 0.25) is 0 Å². The zero-order valence-electron chi connectivity index (χ0n) is 39.8. The third-order valence-electron chi connectivity index (χ3n) is 10.4. The van der Waals surface area contributed by atoms with E-state index in [1.165, 1.54) is 14.2 Å². The van der Waals surface area contributed by atoms with Crippen LogP contribution in [0.25, 0.3) is 34.0 Å². The minimum absolute atomic E-state index is 0.0475. The number of nitrogens with zero attached hydrogens (tertiary/aromatic N) is 6. The van der Waals surface area contributed by atoms with Crippen molar-refractivity contribution in [1.29, 1.82) is 0 Å². The van der Waals surface area contributed by atoms with E-state index in [0.29, 0.717) is 36.2 Å². The third-order valence-corrected chi connectivity index (χ3v) is 10.4. The summed E-state index contributed by atoms with van der Waals surface area (Å²) in [5.74, 6) is 4.01. The van der Waals surface area contributed by atoms with E-state index < -0.39 is 0 Å². The van der Waals surface area contributed by atoms with Crippen molar-refractivity contribution < 1.29 is 28.5 Å². The van der Waals surface area contributed by atoms with Gasteiger partial charge in [0.25, 0.3) is 0 Å². The lowest BCUT2D eigenvalue weighted by molar-refractivity contribution is -0.125. The molecule has 0 atom stereocenters. The van der Waals surface area contributed by atoms with Gasteiger partial charge in [-0.1, -0.05) is 36.4 Å². The minimum Gasteiger partial charge on any atom is -0.455 e. The van der Waals surface area contributed by atoms with E-state index in [0.717, 1.165) is 78.3 Å². The van der Waals surface area contributed by atoms with Crippen molar-refractivity contribution in [3.8, 4) is 23.0 Å². The van der Waals surface area contributed by atoms with Gasteiger partial charge in [0.05, 0.1) is 23.4 Å². The number of pyridine rings is 2. The number of carbonyl (C=O) groups excluding carboxylic acids is 2. The van der Waals surface area contributed by atoms with Crippen molar-refractivity contribution in [2.75, 3.05) is 51.2 Å². The summed E-state index contributed by atoms with van der Waals surface area (Å²) in [5.41, 5.74) is 9.23. The Morgan fingerprint density at radius 3 is 1.34 bits per heavy atom. The van der Waals surface area contributed by atoms with Gasteiger partial charge in [-0.3, -0.25) is 19.6 Å². The zero-order chi connectivity index (χ0) is 49.2. The number of aryl methyl sites for hydroxylation is 4. The molecule has 8 aromatic rings. The van der Waals surface area contributed by atoms with Gasteiger partial charge in [-0.05, 0) is 135 Å². The highest BCUT2D eigenvalue weighted by atomic mass is 16.5. The molecule has 0 spiro atoms. The molecule has 0 aliphatic carbocycles. The standard InChI is InChI=1S/2C27H27N5O3/c2*1-18-13-21(8-11-25(18)35-22-9-6-19(2)29-15-22)32-27-23-14-20(7-10-24(23)30-17-31-27)5-4-12-28-26(33)16-34-3/h2*4-11,13-15,17H,12,16H2,1-3H3,(H,28,33)(H,30,31,32)/b2*5-4+. The van der Waals surface area contributed by atoms with E-state index in [1.54, 1.807) is 25.0 Å². The summed E-state index contributed by atoms with van der Waals surface area (Å²) < 4.78 is 21.6. The average molecular weight is 939 g/mol. The fourth-order valence-corrected chi connectivity index (χ4v) is 6.89. The van der Waals surface area contributed by atoms with Crippen LogP contribution in [-0.2, 0) is 19.1 Å². The molecule has 0 saturated carbocycles. The van der Waals surface area contributed by atoms with E-state index in [4.69, 9.17) is 18.9 Å². The van der Waals surface area contributed by atoms with Gasteiger partial charge in [-0.25, -0.2) is 19.9 Å². The van der Waals surface area contributed by atoms with Crippen molar-refractivity contribution in [2.24, 2.45) is 0 Å². The first-order chi connectivity index (χ1) is 34.0. The second-order valence-electron chi connectivity index (χ2n) is 16.0. The average Bonchev–Trinajstić information content (AvgIpc) is 3.35. The number of hydrogen-bond donors (Lipinski definition) is 4. The lowest BCUT2D eigenvalue weighted by Gasteiger charge is -2.12. The van der Waals surface area contributed by atoms with E-state index in [-0.39, 0.29) is 25.0 Å². The molecule has 0 saturated heterocycles. The van der Waals surface area contributed by atoms with Gasteiger partial charge in [0, 0.05) is 60.8 Å². The van der Waals surface area contributed by atoms with Crippen molar-refractivity contribution in [1.82, 2.24) is 40.5 Å². The number of methoxy groups -OCH3 is 2. The number of hydrogen-bond acceptors (Lipinski definition) is 14. The summed E-state index contributed by atoms with van der Waals surface area (Å²) >= 11 is 0. The molecule has 70 heavy (non-hydrogen) atoms. The number of rotatable bonds is 18. The van der Waals surface area contributed by atoms with Crippen LogP contribution < -0.4 is 30.7 Å². The summed E-state index contributed by atoms with van der Waals surface area (Å²) in [7, 11) is 2.98. The van der Waals surface area contributed by atoms with Crippen LogP contribution in [-0.4, -0.2) is 82.2 Å². The molecule has 16 nitrogen and oxygen atoms in total. The first-order valence-electron chi connectivity index (χ1n) is 22.3. The fraction of sp³-hybridized carbons (Fsp3) is 0.185. The maximum absolute atomic E-state index is 11.5. The first kappa shape index (κ1) is 49.3. The molecule has 0 radical (unpaired) electrons. The van der Waals surface area contributed by atoms with Crippen molar-refractivity contribution in [3.05, 3.63) is 168 Å². The van der Waals surface area contributed by atoms with Crippen LogP contribution in [0.4, 0.5) is 23.0 Å². The van der Waals surface area contributed by atoms with Crippen molar-refractivity contribution >= 4 is 68.8 Å². The molecular formula is C54H54N10O6. The Kier molecular flexibility index (Phi) is 17.2. The Balaban J connectivity index is 0.000000206. The molecule has 8 rings (SSSR count). The number of nitrogens with one attached hydrogen (secondary N) is 4. The lowest BCUT2D eigenvalue weighted by Crippen LogP contribution is -2.26.